The van der Waals surface area contributed by atoms with Gasteiger partial charge in [-0.1, -0.05) is 6.42 Å². The molecule has 0 aromatic rings. The van der Waals surface area contributed by atoms with E-state index in [-0.39, 0.29) is 6.42 Å². The highest BCUT2D eigenvalue weighted by molar-refractivity contribution is 5.66. The molecular weight excluding hydrogens is 220 g/mol. The molecule has 0 fully saturated rings. The Bertz CT molecular complexity index is 228. The minimum Gasteiger partial charge on any atom is -0.481 e. The van der Waals surface area contributed by atoms with E-state index in [1.165, 1.54) is 0 Å². The van der Waals surface area contributed by atoms with Crippen molar-refractivity contribution in [2.75, 3.05) is 0 Å². The van der Waals surface area contributed by atoms with E-state index in [0.29, 0.717) is 25.7 Å². The molecule has 0 heterocycles. The Morgan fingerprint density at radius 2 is 1.47 bits per heavy atom. The Morgan fingerprint density at radius 1 is 0.941 bits per heavy atom. The standard InChI is InChI=1S/C13H26O4/c1-12(2,16)8-6-10-13(3,17)9-5-4-7-11(14)15/h16-17H,4-10H2,1-3H3,(H,14,15). The number of aliphatic hydroxyl groups is 2. The summed E-state index contributed by atoms with van der Waals surface area (Å²) in [6.45, 7) is 5.29. The largest absolute Gasteiger partial charge is 0.481 e. The lowest BCUT2D eigenvalue weighted by atomic mass is 9.90. The van der Waals surface area contributed by atoms with Crippen molar-refractivity contribution in [3.63, 3.8) is 0 Å². The van der Waals surface area contributed by atoms with E-state index in [4.69, 9.17) is 5.11 Å². The summed E-state index contributed by atoms with van der Waals surface area (Å²) in [4.78, 5) is 10.3. The van der Waals surface area contributed by atoms with Gasteiger partial charge in [0.25, 0.3) is 0 Å². The fourth-order valence-electron chi connectivity index (χ4n) is 1.81. The maximum atomic E-state index is 10.3. The van der Waals surface area contributed by atoms with Crippen LogP contribution in [0.25, 0.3) is 0 Å². The molecule has 0 aromatic heterocycles. The number of rotatable bonds is 9. The smallest absolute Gasteiger partial charge is 0.303 e. The molecule has 0 aliphatic carbocycles. The van der Waals surface area contributed by atoms with Crippen LogP contribution < -0.4 is 0 Å². The van der Waals surface area contributed by atoms with E-state index >= 15 is 0 Å². The van der Waals surface area contributed by atoms with Crippen LogP contribution in [0.15, 0.2) is 0 Å². The van der Waals surface area contributed by atoms with Crippen LogP contribution in [0.5, 0.6) is 0 Å². The molecule has 0 rings (SSSR count). The van der Waals surface area contributed by atoms with E-state index in [1.807, 2.05) is 0 Å². The fraction of sp³-hybridized carbons (Fsp3) is 0.923. The Morgan fingerprint density at radius 3 is 1.94 bits per heavy atom. The summed E-state index contributed by atoms with van der Waals surface area (Å²) in [6, 6.07) is 0. The number of carboxylic acid groups (broad SMARTS) is 1. The number of unbranched alkanes of at least 4 members (excludes halogenated alkanes) is 1. The highest BCUT2D eigenvalue weighted by atomic mass is 16.4. The third-order valence-electron chi connectivity index (χ3n) is 2.86. The van der Waals surface area contributed by atoms with Gasteiger partial charge in [-0.05, 0) is 52.9 Å². The van der Waals surface area contributed by atoms with Crippen molar-refractivity contribution in [2.45, 2.75) is 76.9 Å². The van der Waals surface area contributed by atoms with E-state index in [2.05, 4.69) is 0 Å². The number of aliphatic carboxylic acids is 1. The zero-order valence-corrected chi connectivity index (χ0v) is 11.2. The summed E-state index contributed by atoms with van der Waals surface area (Å²) < 4.78 is 0. The monoisotopic (exact) mass is 246 g/mol. The van der Waals surface area contributed by atoms with E-state index < -0.39 is 17.2 Å². The first kappa shape index (κ1) is 16.4. The lowest BCUT2D eigenvalue weighted by Crippen LogP contribution is -2.26. The second kappa shape index (κ2) is 6.97. The Labute approximate surface area is 104 Å². The van der Waals surface area contributed by atoms with Gasteiger partial charge in [-0.15, -0.1) is 0 Å². The first-order valence-corrected chi connectivity index (χ1v) is 6.29. The summed E-state index contributed by atoms with van der Waals surface area (Å²) in [5, 5.41) is 28.1. The average molecular weight is 246 g/mol. The Kier molecular flexibility index (Phi) is 6.72. The predicted molar refractivity (Wildman–Crippen MR) is 66.9 cm³/mol. The van der Waals surface area contributed by atoms with Crippen LogP contribution in [0.3, 0.4) is 0 Å². The van der Waals surface area contributed by atoms with Crippen molar-refractivity contribution < 1.29 is 20.1 Å². The molecule has 0 spiro atoms. The highest BCUT2D eigenvalue weighted by Crippen LogP contribution is 2.23. The van der Waals surface area contributed by atoms with Crippen molar-refractivity contribution in [3.05, 3.63) is 0 Å². The molecular formula is C13H26O4. The van der Waals surface area contributed by atoms with Crippen molar-refractivity contribution >= 4 is 5.97 Å². The van der Waals surface area contributed by atoms with Crippen LogP contribution >= 0.6 is 0 Å². The van der Waals surface area contributed by atoms with Crippen molar-refractivity contribution in [2.24, 2.45) is 0 Å². The molecule has 1 atom stereocenters. The number of hydrogen-bond acceptors (Lipinski definition) is 3. The Balaban J connectivity index is 3.69. The first-order valence-electron chi connectivity index (χ1n) is 6.29. The predicted octanol–water partition coefficient (Wildman–Crippen LogP) is 2.32. The van der Waals surface area contributed by atoms with Crippen LogP contribution in [-0.2, 0) is 4.79 Å². The van der Waals surface area contributed by atoms with Crippen molar-refractivity contribution in [3.8, 4) is 0 Å². The van der Waals surface area contributed by atoms with Crippen LogP contribution in [0.1, 0.15) is 65.7 Å². The van der Waals surface area contributed by atoms with Gasteiger partial charge in [0, 0.05) is 6.42 Å². The molecule has 0 aromatic carbocycles. The van der Waals surface area contributed by atoms with Gasteiger partial charge in [-0.25, -0.2) is 0 Å². The van der Waals surface area contributed by atoms with Crippen LogP contribution in [0, 0.1) is 0 Å². The molecule has 0 aliphatic heterocycles. The third kappa shape index (κ3) is 11.6. The van der Waals surface area contributed by atoms with Crippen molar-refractivity contribution in [1.82, 2.24) is 0 Å². The summed E-state index contributed by atoms with van der Waals surface area (Å²) in [5.41, 5.74) is -1.43. The quantitative estimate of drug-likeness (QED) is 0.546. The fourth-order valence-corrected chi connectivity index (χ4v) is 1.81. The van der Waals surface area contributed by atoms with Crippen LogP contribution in [-0.4, -0.2) is 32.5 Å². The van der Waals surface area contributed by atoms with E-state index in [0.717, 1.165) is 12.8 Å². The summed E-state index contributed by atoms with van der Waals surface area (Å²) >= 11 is 0. The molecule has 17 heavy (non-hydrogen) atoms. The molecule has 1 unspecified atom stereocenters. The van der Waals surface area contributed by atoms with Gasteiger partial charge in [-0.2, -0.15) is 0 Å². The van der Waals surface area contributed by atoms with E-state index in [1.54, 1.807) is 20.8 Å². The van der Waals surface area contributed by atoms with Crippen LogP contribution in [0.2, 0.25) is 0 Å². The summed E-state index contributed by atoms with van der Waals surface area (Å²) in [6.07, 6.45) is 4.20. The molecule has 0 amide bonds. The maximum Gasteiger partial charge on any atom is 0.303 e. The second-order valence-electron chi connectivity index (χ2n) is 5.76. The summed E-state index contributed by atoms with van der Waals surface area (Å²) in [5.74, 6) is -0.785. The zero-order chi connectivity index (χ0) is 13.5. The molecule has 3 N–H and O–H groups in total. The molecule has 4 heteroatoms. The van der Waals surface area contributed by atoms with Gasteiger partial charge in [0.05, 0.1) is 11.2 Å². The van der Waals surface area contributed by atoms with Gasteiger partial charge in [0.15, 0.2) is 0 Å². The molecule has 0 saturated heterocycles. The molecule has 0 aliphatic rings. The number of carboxylic acids is 1. The van der Waals surface area contributed by atoms with Gasteiger partial charge >= 0.3 is 5.97 Å². The lowest BCUT2D eigenvalue weighted by molar-refractivity contribution is -0.137. The lowest BCUT2D eigenvalue weighted by Gasteiger charge is -2.25. The number of hydrogen-bond donors (Lipinski definition) is 3. The topological polar surface area (TPSA) is 77.8 Å². The zero-order valence-electron chi connectivity index (χ0n) is 11.2. The van der Waals surface area contributed by atoms with Crippen LogP contribution in [0.4, 0.5) is 0 Å². The van der Waals surface area contributed by atoms with Gasteiger partial charge in [0.2, 0.25) is 0 Å². The molecule has 4 nitrogen and oxygen atoms in total. The third-order valence-corrected chi connectivity index (χ3v) is 2.86. The van der Waals surface area contributed by atoms with Gasteiger partial charge in [-0.3, -0.25) is 4.79 Å². The Hall–Kier alpha value is -0.610. The van der Waals surface area contributed by atoms with Gasteiger partial charge < -0.3 is 15.3 Å². The minimum atomic E-state index is -0.785. The number of carbonyl (C=O) groups is 1. The SMILES string of the molecule is CC(C)(O)CCCC(C)(O)CCCCC(=O)O. The second-order valence-corrected chi connectivity index (χ2v) is 5.76. The molecule has 0 radical (unpaired) electrons. The summed E-state index contributed by atoms with van der Waals surface area (Å²) in [7, 11) is 0. The van der Waals surface area contributed by atoms with E-state index in [9.17, 15) is 15.0 Å². The highest BCUT2D eigenvalue weighted by Gasteiger charge is 2.21. The first-order chi connectivity index (χ1) is 7.62. The maximum absolute atomic E-state index is 10.3. The van der Waals surface area contributed by atoms with Crippen molar-refractivity contribution in [1.29, 1.82) is 0 Å². The normalized spacial score (nSPS) is 15.6. The molecule has 102 valence electrons. The van der Waals surface area contributed by atoms with Gasteiger partial charge in [0.1, 0.15) is 0 Å². The molecule has 0 saturated carbocycles. The minimum absolute atomic E-state index is 0.166. The molecule has 0 bridgehead atoms. The average Bonchev–Trinajstić information content (AvgIpc) is 2.09.